The maximum Gasteiger partial charge on any atom is 0.189 e. The molecule has 0 atom stereocenters. The molecule has 78 valence electrons. The first-order valence-corrected chi connectivity index (χ1v) is 4.40. The minimum absolute atomic E-state index is 0.0723. The summed E-state index contributed by atoms with van der Waals surface area (Å²) in [6.07, 6.45) is 0. The van der Waals surface area contributed by atoms with E-state index in [0.717, 1.165) is 0 Å². The van der Waals surface area contributed by atoms with Crippen molar-refractivity contribution in [3.05, 3.63) is 23.8 Å². The van der Waals surface area contributed by atoms with Gasteiger partial charge in [-0.2, -0.15) is 0 Å². The molecule has 2 N–H and O–H groups in total. The van der Waals surface area contributed by atoms with Crippen molar-refractivity contribution in [3.63, 3.8) is 0 Å². The Balaban J connectivity index is 2.62. The van der Waals surface area contributed by atoms with Crippen LogP contribution in [0.5, 0.6) is 11.5 Å². The van der Waals surface area contributed by atoms with Crippen molar-refractivity contribution in [1.29, 1.82) is 0 Å². The molecule has 0 heterocycles. The molecule has 4 nitrogen and oxygen atoms in total. The largest absolute Gasteiger partial charge is 0.508 e. The van der Waals surface area contributed by atoms with Gasteiger partial charge in [-0.15, -0.1) is 0 Å². The third-order valence-electron chi connectivity index (χ3n) is 1.65. The molecule has 14 heavy (non-hydrogen) atoms. The number of phenolic OH excluding ortho intramolecular Hbond substituents is 1. The minimum Gasteiger partial charge on any atom is -0.508 e. The number of hydrogen-bond acceptors (Lipinski definition) is 4. The van der Waals surface area contributed by atoms with Gasteiger partial charge in [-0.1, -0.05) is 0 Å². The number of hydrogen-bond donors (Lipinski definition) is 2. The van der Waals surface area contributed by atoms with Crippen molar-refractivity contribution in [3.8, 4) is 11.5 Å². The molecule has 0 radical (unpaired) electrons. The number of aliphatic hydroxyl groups is 1. The van der Waals surface area contributed by atoms with Crippen LogP contribution in [0.4, 0.5) is 0 Å². The summed E-state index contributed by atoms with van der Waals surface area (Å²) in [5, 5.41) is 18.1. The van der Waals surface area contributed by atoms with Crippen LogP contribution in [0.1, 0.15) is 12.5 Å². The van der Waals surface area contributed by atoms with E-state index in [1.807, 2.05) is 6.92 Å². The van der Waals surface area contributed by atoms with Gasteiger partial charge in [-0.05, 0) is 24.6 Å². The third kappa shape index (κ3) is 3.24. The number of ether oxygens (including phenoxy) is 2. The minimum atomic E-state index is -0.126. The monoisotopic (exact) mass is 198 g/mol. The van der Waals surface area contributed by atoms with E-state index in [2.05, 4.69) is 0 Å². The molecule has 0 aliphatic carbocycles. The standard InChI is InChI=1S/C10H14O4/c1-2-13-7-14-10-4-8(6-11)3-9(12)5-10/h3-5,11-12H,2,6-7H2,1H3. The van der Waals surface area contributed by atoms with Gasteiger partial charge in [0.15, 0.2) is 6.79 Å². The first-order valence-electron chi connectivity index (χ1n) is 4.40. The Morgan fingerprint density at radius 2 is 2.07 bits per heavy atom. The van der Waals surface area contributed by atoms with Gasteiger partial charge in [0.1, 0.15) is 11.5 Å². The highest BCUT2D eigenvalue weighted by molar-refractivity contribution is 5.37. The molecule has 1 aromatic rings. The predicted molar refractivity (Wildman–Crippen MR) is 51.2 cm³/mol. The zero-order valence-electron chi connectivity index (χ0n) is 8.06. The van der Waals surface area contributed by atoms with Crippen LogP contribution in [0.2, 0.25) is 0 Å². The normalized spacial score (nSPS) is 10.1. The Hall–Kier alpha value is -1.26. The lowest BCUT2D eigenvalue weighted by Gasteiger charge is -2.07. The number of benzene rings is 1. The number of phenols is 1. The van der Waals surface area contributed by atoms with E-state index >= 15 is 0 Å². The summed E-state index contributed by atoms with van der Waals surface area (Å²) < 4.78 is 10.2. The molecule has 0 bridgehead atoms. The second-order valence-corrected chi connectivity index (χ2v) is 2.75. The van der Waals surface area contributed by atoms with Crippen LogP contribution in [-0.2, 0) is 11.3 Å². The lowest BCUT2D eigenvalue weighted by atomic mass is 10.2. The molecule has 0 spiro atoms. The first kappa shape index (κ1) is 10.8. The Morgan fingerprint density at radius 3 is 2.71 bits per heavy atom. The molecule has 0 aliphatic heterocycles. The highest BCUT2D eigenvalue weighted by atomic mass is 16.7. The van der Waals surface area contributed by atoms with Crippen molar-refractivity contribution < 1.29 is 19.7 Å². The van der Waals surface area contributed by atoms with Crippen LogP contribution in [0.25, 0.3) is 0 Å². The van der Waals surface area contributed by atoms with Crippen molar-refractivity contribution in [1.82, 2.24) is 0 Å². The van der Waals surface area contributed by atoms with Crippen molar-refractivity contribution >= 4 is 0 Å². The Morgan fingerprint density at radius 1 is 1.29 bits per heavy atom. The second-order valence-electron chi connectivity index (χ2n) is 2.75. The average molecular weight is 198 g/mol. The summed E-state index contributed by atoms with van der Waals surface area (Å²) in [7, 11) is 0. The summed E-state index contributed by atoms with van der Waals surface area (Å²) in [6.45, 7) is 2.46. The van der Waals surface area contributed by atoms with Gasteiger partial charge >= 0.3 is 0 Å². The summed E-state index contributed by atoms with van der Waals surface area (Å²) in [5.74, 6) is 0.561. The van der Waals surface area contributed by atoms with Gasteiger partial charge in [0.25, 0.3) is 0 Å². The second kappa shape index (κ2) is 5.47. The summed E-state index contributed by atoms with van der Waals surface area (Å²) in [5.41, 5.74) is 0.608. The summed E-state index contributed by atoms with van der Waals surface area (Å²) in [6, 6.07) is 4.60. The van der Waals surface area contributed by atoms with E-state index in [1.54, 1.807) is 6.07 Å². The van der Waals surface area contributed by atoms with Gasteiger partial charge in [0, 0.05) is 12.7 Å². The number of aromatic hydroxyl groups is 1. The Labute approximate surface area is 82.7 Å². The van der Waals surface area contributed by atoms with Crippen molar-refractivity contribution in [2.75, 3.05) is 13.4 Å². The Bertz CT molecular complexity index is 285. The topological polar surface area (TPSA) is 58.9 Å². The molecule has 0 aromatic heterocycles. The summed E-state index contributed by atoms with van der Waals surface area (Å²) in [4.78, 5) is 0. The van der Waals surface area contributed by atoms with Crippen LogP contribution < -0.4 is 4.74 Å². The first-order chi connectivity index (χ1) is 6.76. The molecule has 0 saturated carbocycles. The maximum atomic E-state index is 9.25. The van der Waals surface area contributed by atoms with Crippen molar-refractivity contribution in [2.24, 2.45) is 0 Å². The van der Waals surface area contributed by atoms with Crippen LogP contribution >= 0.6 is 0 Å². The smallest absolute Gasteiger partial charge is 0.189 e. The highest BCUT2D eigenvalue weighted by Crippen LogP contribution is 2.21. The van der Waals surface area contributed by atoms with Crippen LogP contribution in [-0.4, -0.2) is 23.6 Å². The molecule has 4 heteroatoms. The molecule has 1 aromatic carbocycles. The fourth-order valence-corrected chi connectivity index (χ4v) is 1.01. The molecular weight excluding hydrogens is 184 g/mol. The zero-order valence-corrected chi connectivity index (χ0v) is 8.06. The van der Waals surface area contributed by atoms with Crippen LogP contribution in [0, 0.1) is 0 Å². The SMILES string of the molecule is CCOCOc1cc(O)cc(CO)c1. The molecular formula is C10H14O4. The van der Waals surface area contributed by atoms with Gasteiger partial charge in [-0.25, -0.2) is 0 Å². The molecule has 1 rings (SSSR count). The summed E-state index contributed by atoms with van der Waals surface area (Å²) >= 11 is 0. The van der Waals surface area contributed by atoms with E-state index in [4.69, 9.17) is 14.6 Å². The van der Waals surface area contributed by atoms with Crippen LogP contribution in [0.15, 0.2) is 18.2 Å². The lowest BCUT2D eigenvalue weighted by Crippen LogP contribution is -2.02. The van der Waals surface area contributed by atoms with Crippen molar-refractivity contribution in [2.45, 2.75) is 13.5 Å². The van der Waals surface area contributed by atoms with Gasteiger partial charge in [0.05, 0.1) is 6.61 Å². The van der Waals surface area contributed by atoms with Gasteiger partial charge < -0.3 is 19.7 Å². The van der Waals surface area contributed by atoms with Gasteiger partial charge in [0.2, 0.25) is 0 Å². The predicted octanol–water partition coefficient (Wildman–Crippen LogP) is 1.26. The molecule has 0 aliphatic rings. The molecule has 0 fully saturated rings. The van der Waals surface area contributed by atoms with E-state index in [1.165, 1.54) is 12.1 Å². The van der Waals surface area contributed by atoms with E-state index < -0.39 is 0 Å². The average Bonchev–Trinajstić information content (AvgIpc) is 2.17. The molecule has 0 unspecified atom stereocenters. The highest BCUT2D eigenvalue weighted by Gasteiger charge is 2.00. The zero-order chi connectivity index (χ0) is 10.4. The van der Waals surface area contributed by atoms with Crippen LogP contribution in [0.3, 0.4) is 0 Å². The van der Waals surface area contributed by atoms with E-state index in [9.17, 15) is 5.11 Å². The molecule has 0 amide bonds. The maximum absolute atomic E-state index is 9.25. The third-order valence-corrected chi connectivity index (χ3v) is 1.65. The van der Waals surface area contributed by atoms with E-state index in [0.29, 0.717) is 17.9 Å². The number of rotatable bonds is 5. The Kier molecular flexibility index (Phi) is 4.22. The molecule has 0 saturated heterocycles. The number of aliphatic hydroxyl groups excluding tert-OH is 1. The quantitative estimate of drug-likeness (QED) is 0.552. The fourth-order valence-electron chi connectivity index (χ4n) is 1.01. The fraction of sp³-hybridized carbons (Fsp3) is 0.400. The van der Waals surface area contributed by atoms with E-state index in [-0.39, 0.29) is 19.1 Å². The lowest BCUT2D eigenvalue weighted by molar-refractivity contribution is 0.0222. The van der Waals surface area contributed by atoms with Gasteiger partial charge in [-0.3, -0.25) is 0 Å².